The molecule has 0 aromatic rings. The first kappa shape index (κ1) is 8.89. The Morgan fingerprint density at radius 1 is 1.89 bits per heavy atom. The highest BCUT2D eigenvalue weighted by atomic mass is 32.3. The van der Waals surface area contributed by atoms with E-state index in [1.807, 2.05) is 4.13 Å². The molecule has 0 aromatic carbocycles. The molecule has 0 spiro atoms. The molecule has 0 rings (SSSR count). The zero-order valence-corrected chi connectivity index (χ0v) is 6.00. The summed E-state index contributed by atoms with van der Waals surface area (Å²) in [6.45, 7) is 0. The number of amides is 1. The van der Waals surface area contributed by atoms with Crippen molar-refractivity contribution in [2.45, 2.75) is 0 Å². The van der Waals surface area contributed by atoms with Crippen molar-refractivity contribution < 1.29 is 13.6 Å². The fraction of sp³-hybridized carbons (Fsp3) is 0.500. The Balaban J connectivity index is 3.10. The van der Waals surface area contributed by atoms with E-state index in [0.29, 0.717) is 0 Å². The molecule has 0 bridgehead atoms. The molecule has 0 heterocycles. The summed E-state index contributed by atoms with van der Waals surface area (Å²) in [5.74, 6) is -0.537. The molecule has 9 heavy (non-hydrogen) atoms. The van der Waals surface area contributed by atoms with Crippen molar-refractivity contribution in [2.24, 2.45) is 5.73 Å². The van der Waals surface area contributed by atoms with Gasteiger partial charge in [0.05, 0.1) is 5.75 Å². The Morgan fingerprint density at radius 3 is 2.78 bits per heavy atom. The van der Waals surface area contributed by atoms with Gasteiger partial charge >= 0.3 is 0 Å². The monoisotopic (exact) mass is 170 g/mol. The predicted molar refractivity (Wildman–Crippen MR) is 35.6 cm³/mol. The smallest absolute Gasteiger partial charge is 0.241 e. The fourth-order valence-electron chi connectivity index (χ4n) is 0.151. The number of nitrogens with one attached hydrogen (secondary N) is 1. The van der Waals surface area contributed by atoms with Crippen LogP contribution < -0.4 is 9.86 Å². The molecule has 0 aliphatic heterocycles. The quantitative estimate of drug-likeness (QED) is 0.367. The molecule has 0 aliphatic rings. The van der Waals surface area contributed by atoms with Crippen LogP contribution in [0.15, 0.2) is 0 Å². The average Bonchev–Trinajstić information content (AvgIpc) is 1.63. The third-order valence-electron chi connectivity index (χ3n) is 0.345. The molecule has 4 N–H and O–H groups in total. The Hall–Kier alpha value is -0.110. The van der Waals surface area contributed by atoms with Crippen molar-refractivity contribution in [2.75, 3.05) is 5.75 Å². The maximum absolute atomic E-state index is 9.96. The van der Waals surface area contributed by atoms with Crippen molar-refractivity contribution in [3.8, 4) is 0 Å². The van der Waals surface area contributed by atoms with Gasteiger partial charge in [0.1, 0.15) is 0 Å². The first-order chi connectivity index (χ1) is 4.13. The molecule has 0 fully saturated rings. The molecule has 1 amide bonds. The minimum atomic E-state index is -2.08. The molecule has 54 valence electrons. The van der Waals surface area contributed by atoms with Crippen molar-refractivity contribution in [3.05, 3.63) is 0 Å². The summed E-state index contributed by atoms with van der Waals surface area (Å²) in [4.78, 5) is 9.96. The lowest BCUT2D eigenvalue weighted by atomic mass is 10.8. The van der Waals surface area contributed by atoms with E-state index in [1.165, 1.54) is 0 Å². The second-order valence-electron chi connectivity index (χ2n) is 1.09. The fourth-order valence-corrected chi connectivity index (χ4v) is 0.932. The van der Waals surface area contributed by atoms with E-state index in [0.717, 1.165) is 11.9 Å². The summed E-state index contributed by atoms with van der Waals surface area (Å²) in [5.41, 5.74) is 4.70. The van der Waals surface area contributed by atoms with E-state index in [9.17, 15) is 9.00 Å². The van der Waals surface area contributed by atoms with E-state index in [-0.39, 0.29) is 5.75 Å². The number of hydrogen-bond acceptors (Lipinski definition) is 3. The van der Waals surface area contributed by atoms with Crippen molar-refractivity contribution in [3.63, 3.8) is 0 Å². The van der Waals surface area contributed by atoms with Crippen LogP contribution in [0.1, 0.15) is 0 Å². The number of carbonyl (C=O) groups excluding carboxylic acids is 1. The van der Waals surface area contributed by atoms with Gasteiger partial charge in [-0.05, 0) is 0 Å². The lowest BCUT2D eigenvalue weighted by Crippen LogP contribution is -2.17. The highest BCUT2D eigenvalue weighted by Gasteiger charge is 1.95. The SMILES string of the molecule is NC(=O)CSNS(=O)O. The summed E-state index contributed by atoms with van der Waals surface area (Å²) in [5, 5.41) is 0. The van der Waals surface area contributed by atoms with E-state index in [4.69, 9.17) is 10.3 Å². The van der Waals surface area contributed by atoms with Crippen molar-refractivity contribution in [1.29, 1.82) is 0 Å². The van der Waals surface area contributed by atoms with E-state index in [1.54, 1.807) is 0 Å². The Labute approximate surface area is 58.9 Å². The first-order valence-corrected chi connectivity index (χ1v) is 3.98. The van der Waals surface area contributed by atoms with Crippen LogP contribution in [-0.2, 0) is 16.1 Å². The molecule has 0 saturated carbocycles. The van der Waals surface area contributed by atoms with Crippen LogP contribution in [0.4, 0.5) is 0 Å². The molecule has 1 atom stereocenters. The number of hydrogen-bond donors (Lipinski definition) is 3. The summed E-state index contributed by atoms with van der Waals surface area (Å²) in [6, 6.07) is 0. The van der Waals surface area contributed by atoms with E-state index in [2.05, 4.69) is 0 Å². The minimum absolute atomic E-state index is 0.00764. The van der Waals surface area contributed by atoms with Gasteiger partial charge in [0, 0.05) is 0 Å². The van der Waals surface area contributed by atoms with Gasteiger partial charge in [0.15, 0.2) is 0 Å². The van der Waals surface area contributed by atoms with Crippen LogP contribution in [0.3, 0.4) is 0 Å². The summed E-state index contributed by atoms with van der Waals surface area (Å²) in [7, 11) is 0. The molecule has 0 aromatic heterocycles. The average molecular weight is 170 g/mol. The van der Waals surface area contributed by atoms with Crippen LogP contribution in [0.25, 0.3) is 0 Å². The van der Waals surface area contributed by atoms with Gasteiger partial charge in [-0.3, -0.25) is 9.35 Å². The van der Waals surface area contributed by atoms with Crippen LogP contribution >= 0.6 is 11.9 Å². The molecule has 0 radical (unpaired) electrons. The van der Waals surface area contributed by atoms with Gasteiger partial charge in [0.25, 0.3) is 0 Å². The lowest BCUT2D eigenvalue weighted by Gasteiger charge is -1.92. The van der Waals surface area contributed by atoms with Crippen LogP contribution in [0.2, 0.25) is 0 Å². The van der Waals surface area contributed by atoms with Crippen LogP contribution in [0, 0.1) is 0 Å². The number of primary amides is 1. The van der Waals surface area contributed by atoms with Crippen LogP contribution in [0.5, 0.6) is 0 Å². The summed E-state index contributed by atoms with van der Waals surface area (Å²) >= 11 is -1.28. The van der Waals surface area contributed by atoms with Gasteiger partial charge in [-0.2, -0.15) is 4.13 Å². The molecule has 5 nitrogen and oxygen atoms in total. The first-order valence-electron chi connectivity index (χ1n) is 1.89. The molecule has 0 aliphatic carbocycles. The molecule has 1 unspecified atom stereocenters. The second kappa shape index (κ2) is 4.74. The van der Waals surface area contributed by atoms with E-state index < -0.39 is 17.2 Å². The standard InChI is InChI=1S/C2H6N2O3S2/c3-2(5)1-8-4-9(6)7/h4H,1H2,(H2,3,5)(H,6,7). The van der Waals surface area contributed by atoms with Crippen LogP contribution in [-0.4, -0.2) is 20.4 Å². The Kier molecular flexibility index (Phi) is 4.68. The maximum atomic E-state index is 9.96. The zero-order valence-electron chi connectivity index (χ0n) is 4.36. The Bertz CT molecular complexity index is 113. The van der Waals surface area contributed by atoms with Crippen molar-refractivity contribution in [1.82, 2.24) is 4.13 Å². The zero-order chi connectivity index (χ0) is 7.28. The Morgan fingerprint density at radius 2 is 2.44 bits per heavy atom. The van der Waals surface area contributed by atoms with Gasteiger partial charge in [-0.1, -0.05) is 11.9 Å². The maximum Gasteiger partial charge on any atom is 0.241 e. The number of carbonyl (C=O) groups is 1. The van der Waals surface area contributed by atoms with Crippen molar-refractivity contribution >= 4 is 29.1 Å². The minimum Gasteiger partial charge on any atom is -0.369 e. The van der Waals surface area contributed by atoms with Gasteiger partial charge in [-0.25, -0.2) is 4.21 Å². The van der Waals surface area contributed by atoms with Gasteiger partial charge in [0.2, 0.25) is 17.2 Å². The van der Waals surface area contributed by atoms with E-state index >= 15 is 0 Å². The third kappa shape index (κ3) is 7.89. The summed E-state index contributed by atoms with van der Waals surface area (Å²) < 4.78 is 19.9. The predicted octanol–water partition coefficient (Wildman–Crippen LogP) is -1.15. The van der Waals surface area contributed by atoms with Gasteiger partial charge < -0.3 is 5.73 Å². The second-order valence-corrected chi connectivity index (χ2v) is 2.83. The normalized spacial score (nSPS) is 13.0. The molecule has 7 heteroatoms. The topological polar surface area (TPSA) is 92.4 Å². The highest BCUT2D eigenvalue weighted by Crippen LogP contribution is 1.90. The third-order valence-corrected chi connectivity index (χ3v) is 1.82. The number of nitrogens with two attached hydrogens (primary N) is 1. The highest BCUT2D eigenvalue weighted by molar-refractivity contribution is 8.06. The number of rotatable bonds is 4. The van der Waals surface area contributed by atoms with Gasteiger partial charge in [-0.15, -0.1) is 0 Å². The lowest BCUT2D eigenvalue weighted by molar-refractivity contribution is -0.115. The largest absolute Gasteiger partial charge is 0.369 e. The molecule has 0 saturated heterocycles. The molecular weight excluding hydrogens is 164 g/mol. The summed E-state index contributed by atoms with van der Waals surface area (Å²) in [6.07, 6.45) is 0. The molecular formula is C2H6N2O3S2.